The number of carbonyl (C=O) groups excluding carboxylic acids is 1. The van der Waals surface area contributed by atoms with Gasteiger partial charge in [-0.25, -0.2) is 13.2 Å². The molecule has 1 aliphatic heterocycles. The number of hydrogen-bond donors (Lipinski definition) is 2. The lowest BCUT2D eigenvalue weighted by Gasteiger charge is -2.12. The van der Waals surface area contributed by atoms with Crippen LogP contribution < -0.4 is 10.6 Å². The summed E-state index contributed by atoms with van der Waals surface area (Å²) < 4.78 is 28.1. The molecule has 122 valence electrons. The highest BCUT2D eigenvalue weighted by atomic mass is 32.2. The first kappa shape index (κ1) is 16.8. The third-order valence-corrected chi connectivity index (χ3v) is 5.20. The third-order valence-electron chi connectivity index (χ3n) is 3.43. The molecule has 2 N–H and O–H groups in total. The summed E-state index contributed by atoms with van der Waals surface area (Å²) >= 11 is 0. The maximum absolute atomic E-state index is 11.6. The molecule has 1 saturated heterocycles. The number of nitrogens with one attached hydrogen (secondary N) is 2. The van der Waals surface area contributed by atoms with Gasteiger partial charge in [-0.3, -0.25) is 0 Å². The summed E-state index contributed by atoms with van der Waals surface area (Å²) in [5, 5.41) is 5.39. The van der Waals surface area contributed by atoms with Gasteiger partial charge in [0.25, 0.3) is 0 Å². The van der Waals surface area contributed by atoms with Crippen molar-refractivity contribution in [3.8, 4) is 0 Å². The first-order chi connectivity index (χ1) is 10.6. The SMILES string of the molecule is O=C(NCCCOCc1ccccc1)N[C@H]1CCS(=O)(=O)C1. The predicted octanol–water partition coefficient (Wildman–Crippen LogP) is 1.08. The molecule has 2 rings (SSSR count). The van der Waals surface area contributed by atoms with Gasteiger partial charge < -0.3 is 15.4 Å². The van der Waals surface area contributed by atoms with Crippen molar-refractivity contribution in [3.05, 3.63) is 35.9 Å². The zero-order chi connectivity index (χ0) is 15.8. The second-order valence-corrected chi connectivity index (χ2v) is 7.62. The summed E-state index contributed by atoms with van der Waals surface area (Å²) in [6.07, 6.45) is 1.21. The number of hydrogen-bond acceptors (Lipinski definition) is 4. The molecule has 1 aliphatic rings. The molecule has 22 heavy (non-hydrogen) atoms. The summed E-state index contributed by atoms with van der Waals surface area (Å²) in [7, 11) is -2.96. The Morgan fingerprint density at radius 1 is 1.27 bits per heavy atom. The van der Waals surface area contributed by atoms with Crippen molar-refractivity contribution >= 4 is 15.9 Å². The van der Waals surface area contributed by atoms with Gasteiger partial charge in [0.2, 0.25) is 0 Å². The second kappa shape index (κ2) is 8.14. The largest absolute Gasteiger partial charge is 0.377 e. The Morgan fingerprint density at radius 2 is 2.05 bits per heavy atom. The van der Waals surface area contributed by atoms with Gasteiger partial charge in [0, 0.05) is 19.2 Å². The van der Waals surface area contributed by atoms with Crippen molar-refractivity contribution in [2.45, 2.75) is 25.5 Å². The van der Waals surface area contributed by atoms with Crippen LogP contribution in [-0.2, 0) is 21.2 Å². The lowest BCUT2D eigenvalue weighted by atomic mass is 10.2. The molecule has 6 nitrogen and oxygen atoms in total. The average Bonchev–Trinajstić information content (AvgIpc) is 2.82. The first-order valence-corrected chi connectivity index (χ1v) is 9.24. The van der Waals surface area contributed by atoms with Crippen LogP contribution in [0.3, 0.4) is 0 Å². The minimum absolute atomic E-state index is 0.0423. The van der Waals surface area contributed by atoms with Crippen LogP contribution in [0.2, 0.25) is 0 Å². The quantitative estimate of drug-likeness (QED) is 0.734. The topological polar surface area (TPSA) is 84.5 Å². The van der Waals surface area contributed by atoms with E-state index in [2.05, 4.69) is 10.6 Å². The van der Waals surface area contributed by atoms with Crippen molar-refractivity contribution in [2.24, 2.45) is 0 Å². The smallest absolute Gasteiger partial charge is 0.315 e. The Balaban J connectivity index is 1.51. The van der Waals surface area contributed by atoms with Crippen LogP contribution in [0.1, 0.15) is 18.4 Å². The van der Waals surface area contributed by atoms with E-state index in [1.807, 2.05) is 30.3 Å². The lowest BCUT2D eigenvalue weighted by Crippen LogP contribution is -2.43. The number of sulfone groups is 1. The fourth-order valence-electron chi connectivity index (χ4n) is 2.29. The van der Waals surface area contributed by atoms with E-state index in [9.17, 15) is 13.2 Å². The lowest BCUT2D eigenvalue weighted by molar-refractivity contribution is 0.118. The molecule has 0 aliphatic carbocycles. The standard InChI is InChI=1S/C15H22N2O4S/c18-15(17-14-7-10-22(19,20)12-14)16-8-4-9-21-11-13-5-2-1-3-6-13/h1-3,5-6,14H,4,7-12H2,(H2,16,17,18)/t14-/m0/s1. The van der Waals surface area contributed by atoms with Crippen LogP contribution in [0.25, 0.3) is 0 Å². The Kier molecular flexibility index (Phi) is 6.21. The molecule has 0 saturated carbocycles. The summed E-state index contributed by atoms with van der Waals surface area (Å²) in [4.78, 5) is 11.6. The molecule has 0 bridgehead atoms. The van der Waals surface area contributed by atoms with Gasteiger partial charge >= 0.3 is 6.03 Å². The van der Waals surface area contributed by atoms with Crippen LogP contribution in [0.4, 0.5) is 4.79 Å². The first-order valence-electron chi connectivity index (χ1n) is 7.42. The fourth-order valence-corrected chi connectivity index (χ4v) is 3.96. The van der Waals surface area contributed by atoms with Crippen molar-refractivity contribution in [1.82, 2.24) is 10.6 Å². The molecule has 7 heteroatoms. The number of benzene rings is 1. The highest BCUT2D eigenvalue weighted by molar-refractivity contribution is 7.91. The summed E-state index contributed by atoms with van der Waals surface area (Å²) in [6.45, 7) is 1.63. The molecule has 1 heterocycles. The monoisotopic (exact) mass is 326 g/mol. The summed E-state index contributed by atoms with van der Waals surface area (Å²) in [5.41, 5.74) is 1.12. The Bertz CT molecular complexity index is 574. The van der Waals surface area contributed by atoms with Crippen LogP contribution in [0.5, 0.6) is 0 Å². The highest BCUT2D eigenvalue weighted by Gasteiger charge is 2.28. The van der Waals surface area contributed by atoms with Crippen molar-refractivity contribution in [1.29, 1.82) is 0 Å². The molecular weight excluding hydrogens is 304 g/mol. The van der Waals surface area contributed by atoms with Crippen molar-refractivity contribution < 1.29 is 17.9 Å². The highest BCUT2D eigenvalue weighted by Crippen LogP contribution is 2.10. The predicted molar refractivity (Wildman–Crippen MR) is 84.3 cm³/mol. The van der Waals surface area contributed by atoms with Gasteiger partial charge in [-0.15, -0.1) is 0 Å². The zero-order valence-electron chi connectivity index (χ0n) is 12.5. The molecule has 0 unspecified atom stereocenters. The van der Waals surface area contributed by atoms with E-state index in [1.165, 1.54) is 0 Å². The normalized spacial score (nSPS) is 19.7. The molecule has 2 amide bonds. The molecule has 1 fully saturated rings. The van der Waals surface area contributed by atoms with E-state index in [0.29, 0.717) is 32.6 Å². The van der Waals surface area contributed by atoms with E-state index >= 15 is 0 Å². The van der Waals surface area contributed by atoms with E-state index in [-0.39, 0.29) is 23.6 Å². The molecule has 1 aromatic rings. The second-order valence-electron chi connectivity index (χ2n) is 5.39. The fraction of sp³-hybridized carbons (Fsp3) is 0.533. The third kappa shape index (κ3) is 6.03. The minimum atomic E-state index is -2.96. The van der Waals surface area contributed by atoms with Gasteiger partial charge in [-0.05, 0) is 18.4 Å². The molecular formula is C15H22N2O4S. The van der Waals surface area contributed by atoms with Crippen LogP contribution in [-0.4, -0.2) is 45.1 Å². The summed E-state index contributed by atoms with van der Waals surface area (Å²) in [5.74, 6) is 0.200. The number of amides is 2. The Labute approximate surface area is 131 Å². The van der Waals surface area contributed by atoms with Gasteiger partial charge in [-0.1, -0.05) is 30.3 Å². The summed E-state index contributed by atoms with van der Waals surface area (Å²) in [6, 6.07) is 9.32. The molecule has 0 radical (unpaired) electrons. The van der Waals surface area contributed by atoms with E-state index in [4.69, 9.17) is 4.74 Å². The zero-order valence-corrected chi connectivity index (χ0v) is 13.3. The maximum atomic E-state index is 11.6. The number of rotatable bonds is 7. The molecule has 1 aromatic carbocycles. The van der Waals surface area contributed by atoms with Crippen molar-refractivity contribution in [3.63, 3.8) is 0 Å². The van der Waals surface area contributed by atoms with E-state index in [0.717, 1.165) is 5.56 Å². The molecule has 0 aromatic heterocycles. The Hall–Kier alpha value is -1.60. The van der Waals surface area contributed by atoms with Gasteiger partial charge in [0.15, 0.2) is 9.84 Å². The number of urea groups is 1. The van der Waals surface area contributed by atoms with Gasteiger partial charge in [0.05, 0.1) is 18.1 Å². The molecule has 0 spiro atoms. The van der Waals surface area contributed by atoms with Gasteiger partial charge in [-0.2, -0.15) is 0 Å². The minimum Gasteiger partial charge on any atom is -0.377 e. The average molecular weight is 326 g/mol. The number of ether oxygens (including phenoxy) is 1. The van der Waals surface area contributed by atoms with E-state index < -0.39 is 9.84 Å². The maximum Gasteiger partial charge on any atom is 0.315 e. The number of carbonyl (C=O) groups is 1. The van der Waals surface area contributed by atoms with Crippen molar-refractivity contribution in [2.75, 3.05) is 24.7 Å². The van der Waals surface area contributed by atoms with Gasteiger partial charge in [0.1, 0.15) is 0 Å². The molecule has 1 atom stereocenters. The van der Waals surface area contributed by atoms with Crippen LogP contribution in [0.15, 0.2) is 30.3 Å². The van der Waals surface area contributed by atoms with Crippen LogP contribution >= 0.6 is 0 Å². The van der Waals surface area contributed by atoms with Crippen LogP contribution in [0, 0.1) is 0 Å². The Morgan fingerprint density at radius 3 is 2.73 bits per heavy atom. The van der Waals surface area contributed by atoms with E-state index in [1.54, 1.807) is 0 Å².